The van der Waals surface area contributed by atoms with Gasteiger partial charge in [0, 0.05) is 29.1 Å². The number of nitrogens with one attached hydrogen (secondary N) is 1. The van der Waals surface area contributed by atoms with Crippen molar-refractivity contribution < 1.29 is 9.18 Å². The van der Waals surface area contributed by atoms with Crippen LogP contribution in [0.2, 0.25) is 0 Å². The number of hydrogen-bond acceptors (Lipinski definition) is 2. The minimum Gasteiger partial charge on any atom is -0.336 e. The third-order valence-corrected chi connectivity index (χ3v) is 5.15. The Morgan fingerprint density at radius 1 is 1.38 bits per heavy atom. The van der Waals surface area contributed by atoms with Gasteiger partial charge < -0.3 is 10.2 Å². The van der Waals surface area contributed by atoms with Crippen LogP contribution < -0.4 is 5.32 Å². The van der Waals surface area contributed by atoms with E-state index in [4.69, 9.17) is 0 Å². The Labute approximate surface area is 133 Å². The van der Waals surface area contributed by atoms with Gasteiger partial charge in [0.25, 0.3) is 5.91 Å². The average Bonchev–Trinajstić information content (AvgIpc) is 2.78. The number of hydrogen-bond donors (Lipinski definition) is 1. The second-order valence-corrected chi connectivity index (χ2v) is 6.89. The lowest BCUT2D eigenvalue weighted by molar-refractivity contribution is 0.0626. The van der Waals surface area contributed by atoms with E-state index in [0.717, 1.165) is 12.8 Å². The number of piperidine rings is 1. The second kappa shape index (κ2) is 6.05. The van der Waals surface area contributed by atoms with Crippen LogP contribution in [-0.2, 0) is 0 Å². The lowest BCUT2D eigenvalue weighted by atomic mass is 9.97. The summed E-state index contributed by atoms with van der Waals surface area (Å²) in [5.41, 5.74) is 0.172. The zero-order chi connectivity index (χ0) is 15.0. The van der Waals surface area contributed by atoms with E-state index in [9.17, 15) is 9.18 Å². The van der Waals surface area contributed by atoms with Gasteiger partial charge in [0.2, 0.25) is 0 Å². The number of amides is 1. The number of halogens is 2. The molecule has 5 heteroatoms. The highest BCUT2D eigenvalue weighted by molar-refractivity contribution is 9.10. The Bertz CT molecular complexity index is 539. The van der Waals surface area contributed by atoms with Crippen LogP contribution in [0.4, 0.5) is 4.39 Å². The molecule has 2 saturated heterocycles. The SMILES string of the molecule is CCN(C(=O)c1ccc(Br)cc1F)C1CC2CCC(C1)N2. The van der Waals surface area contributed by atoms with E-state index in [2.05, 4.69) is 21.2 Å². The van der Waals surface area contributed by atoms with Crippen molar-refractivity contribution >= 4 is 21.8 Å². The van der Waals surface area contributed by atoms with Crippen molar-refractivity contribution in [2.24, 2.45) is 0 Å². The van der Waals surface area contributed by atoms with Gasteiger partial charge in [0.05, 0.1) is 5.56 Å². The van der Waals surface area contributed by atoms with Gasteiger partial charge in [-0.1, -0.05) is 15.9 Å². The molecule has 2 heterocycles. The average molecular weight is 355 g/mol. The van der Waals surface area contributed by atoms with Crippen LogP contribution in [0.25, 0.3) is 0 Å². The quantitative estimate of drug-likeness (QED) is 0.902. The summed E-state index contributed by atoms with van der Waals surface area (Å²) >= 11 is 3.23. The zero-order valence-electron chi connectivity index (χ0n) is 12.1. The van der Waals surface area contributed by atoms with Crippen molar-refractivity contribution in [1.82, 2.24) is 10.2 Å². The molecule has 1 aromatic carbocycles. The van der Waals surface area contributed by atoms with E-state index in [-0.39, 0.29) is 17.5 Å². The standard InChI is InChI=1S/C16H20BrFN2O/c1-2-20(13-8-11-4-5-12(9-13)19-11)16(21)14-6-3-10(17)7-15(14)18/h3,6-7,11-13,19H,2,4-5,8-9H2,1H3. The molecule has 2 bridgehead atoms. The summed E-state index contributed by atoms with van der Waals surface area (Å²) in [6.45, 7) is 2.59. The third-order valence-electron chi connectivity index (χ3n) is 4.65. The lowest BCUT2D eigenvalue weighted by Crippen LogP contribution is -2.50. The normalized spacial score (nSPS) is 27.7. The predicted molar refractivity (Wildman–Crippen MR) is 83.8 cm³/mol. The fraction of sp³-hybridized carbons (Fsp3) is 0.562. The van der Waals surface area contributed by atoms with E-state index in [1.54, 1.807) is 12.1 Å². The molecule has 1 amide bonds. The van der Waals surface area contributed by atoms with Gasteiger partial charge in [-0.05, 0) is 50.8 Å². The van der Waals surface area contributed by atoms with Crippen LogP contribution >= 0.6 is 15.9 Å². The molecule has 3 nitrogen and oxygen atoms in total. The Morgan fingerprint density at radius 2 is 2.05 bits per heavy atom. The molecule has 2 unspecified atom stereocenters. The van der Waals surface area contributed by atoms with E-state index < -0.39 is 5.82 Å². The molecule has 21 heavy (non-hydrogen) atoms. The number of benzene rings is 1. The predicted octanol–water partition coefficient (Wildman–Crippen LogP) is 3.33. The van der Waals surface area contributed by atoms with E-state index in [1.807, 2.05) is 11.8 Å². The maximum Gasteiger partial charge on any atom is 0.257 e. The van der Waals surface area contributed by atoms with Crippen LogP contribution in [0.3, 0.4) is 0 Å². The van der Waals surface area contributed by atoms with Crippen molar-refractivity contribution in [3.63, 3.8) is 0 Å². The van der Waals surface area contributed by atoms with Gasteiger partial charge >= 0.3 is 0 Å². The minimum absolute atomic E-state index is 0.172. The molecule has 0 aromatic heterocycles. The van der Waals surface area contributed by atoms with Crippen LogP contribution in [0.1, 0.15) is 43.0 Å². The van der Waals surface area contributed by atoms with Gasteiger partial charge in [-0.25, -0.2) is 4.39 Å². The van der Waals surface area contributed by atoms with E-state index >= 15 is 0 Å². The van der Waals surface area contributed by atoms with Crippen LogP contribution in [0.5, 0.6) is 0 Å². The van der Waals surface area contributed by atoms with Gasteiger partial charge in [-0.2, -0.15) is 0 Å². The number of rotatable bonds is 3. The number of carbonyl (C=O) groups is 1. The Kier molecular flexibility index (Phi) is 4.31. The summed E-state index contributed by atoms with van der Waals surface area (Å²) in [6.07, 6.45) is 4.35. The molecule has 0 spiro atoms. The van der Waals surface area contributed by atoms with Crippen molar-refractivity contribution in [1.29, 1.82) is 0 Å². The molecule has 2 atom stereocenters. The maximum atomic E-state index is 14.0. The first kappa shape index (κ1) is 15.0. The summed E-state index contributed by atoms with van der Waals surface area (Å²) < 4.78 is 14.7. The smallest absolute Gasteiger partial charge is 0.257 e. The maximum absolute atomic E-state index is 14.0. The fourth-order valence-corrected chi connectivity index (χ4v) is 4.00. The number of nitrogens with zero attached hydrogens (tertiary/aromatic N) is 1. The van der Waals surface area contributed by atoms with Gasteiger partial charge in [0.1, 0.15) is 5.82 Å². The van der Waals surface area contributed by atoms with E-state index in [0.29, 0.717) is 23.1 Å². The summed E-state index contributed by atoms with van der Waals surface area (Å²) in [5.74, 6) is -0.640. The largest absolute Gasteiger partial charge is 0.336 e. The molecular weight excluding hydrogens is 335 g/mol. The monoisotopic (exact) mass is 354 g/mol. The third kappa shape index (κ3) is 2.99. The highest BCUT2D eigenvalue weighted by Gasteiger charge is 2.37. The number of fused-ring (bicyclic) bond motifs is 2. The molecule has 114 valence electrons. The zero-order valence-corrected chi connectivity index (χ0v) is 13.7. The van der Waals surface area contributed by atoms with Crippen LogP contribution in [-0.4, -0.2) is 35.5 Å². The van der Waals surface area contributed by atoms with Gasteiger partial charge in [-0.3, -0.25) is 4.79 Å². The lowest BCUT2D eigenvalue weighted by Gasteiger charge is -2.37. The second-order valence-electron chi connectivity index (χ2n) is 5.98. The highest BCUT2D eigenvalue weighted by Crippen LogP contribution is 2.30. The summed E-state index contributed by atoms with van der Waals surface area (Å²) in [4.78, 5) is 14.5. The summed E-state index contributed by atoms with van der Waals surface area (Å²) in [7, 11) is 0. The topological polar surface area (TPSA) is 32.3 Å². The molecule has 2 aliphatic rings. The summed E-state index contributed by atoms with van der Waals surface area (Å²) in [5, 5.41) is 3.58. The fourth-order valence-electron chi connectivity index (χ4n) is 3.67. The van der Waals surface area contributed by atoms with Gasteiger partial charge in [0.15, 0.2) is 0 Å². The van der Waals surface area contributed by atoms with Gasteiger partial charge in [-0.15, -0.1) is 0 Å². The molecule has 2 fully saturated rings. The summed E-state index contributed by atoms with van der Waals surface area (Å²) in [6, 6.07) is 5.91. The highest BCUT2D eigenvalue weighted by atomic mass is 79.9. The van der Waals surface area contributed by atoms with Crippen molar-refractivity contribution in [2.45, 2.75) is 50.7 Å². The van der Waals surface area contributed by atoms with E-state index in [1.165, 1.54) is 18.9 Å². The molecule has 2 aliphatic heterocycles. The van der Waals surface area contributed by atoms with Crippen LogP contribution in [0.15, 0.2) is 22.7 Å². The minimum atomic E-state index is -0.454. The Morgan fingerprint density at radius 3 is 2.62 bits per heavy atom. The molecular formula is C16H20BrFN2O. The Hall–Kier alpha value is -0.940. The van der Waals surface area contributed by atoms with Crippen LogP contribution in [0, 0.1) is 5.82 Å². The molecule has 1 aromatic rings. The molecule has 0 saturated carbocycles. The number of carbonyl (C=O) groups excluding carboxylic acids is 1. The first-order chi connectivity index (χ1) is 10.1. The first-order valence-electron chi connectivity index (χ1n) is 7.60. The van der Waals surface area contributed by atoms with Crippen molar-refractivity contribution in [3.8, 4) is 0 Å². The molecule has 0 radical (unpaired) electrons. The Balaban J connectivity index is 1.80. The molecule has 1 N–H and O–H groups in total. The first-order valence-corrected chi connectivity index (χ1v) is 8.40. The molecule has 0 aliphatic carbocycles. The van der Waals surface area contributed by atoms with Crippen molar-refractivity contribution in [3.05, 3.63) is 34.1 Å². The molecule has 3 rings (SSSR count). The van der Waals surface area contributed by atoms with Crippen molar-refractivity contribution in [2.75, 3.05) is 6.54 Å².